The highest BCUT2D eigenvalue weighted by Gasteiger charge is 2.28. The molecule has 0 aromatic carbocycles. The average molecular weight is 308 g/mol. The Morgan fingerprint density at radius 1 is 1.50 bits per heavy atom. The number of aromatic nitrogens is 2. The van der Waals surface area contributed by atoms with Crippen LogP contribution in [0, 0.1) is 6.92 Å². The summed E-state index contributed by atoms with van der Waals surface area (Å²) in [4.78, 5) is 7.31. The van der Waals surface area contributed by atoms with E-state index in [1.807, 2.05) is 6.92 Å². The SMILES string of the molecule is [B]C(F)(F)c1nc(C)cc(C(C)I)n1. The summed E-state index contributed by atoms with van der Waals surface area (Å²) in [6.45, 7) is 3.50. The molecule has 14 heavy (non-hydrogen) atoms. The van der Waals surface area contributed by atoms with E-state index in [2.05, 4.69) is 40.4 Å². The zero-order valence-electron chi connectivity index (χ0n) is 7.76. The fourth-order valence-electron chi connectivity index (χ4n) is 0.946. The second-order valence-corrected chi connectivity index (χ2v) is 4.87. The van der Waals surface area contributed by atoms with Crippen molar-refractivity contribution in [3.05, 3.63) is 23.3 Å². The van der Waals surface area contributed by atoms with Crippen LogP contribution in [0.3, 0.4) is 0 Å². The van der Waals surface area contributed by atoms with E-state index in [-0.39, 0.29) is 3.92 Å². The second kappa shape index (κ2) is 4.08. The van der Waals surface area contributed by atoms with E-state index >= 15 is 0 Å². The smallest absolute Gasteiger partial charge is 0.233 e. The Morgan fingerprint density at radius 2 is 2.07 bits per heavy atom. The Bertz CT molecular complexity index is 339. The molecule has 0 N–H and O–H groups in total. The minimum atomic E-state index is -3.47. The standard InChI is InChI=1S/C8H8BF2IN2/c1-4-3-6(5(2)12)14-7(13-4)8(9,10)11/h3,5H,1-2H3. The lowest BCUT2D eigenvalue weighted by molar-refractivity contribution is 0.0830. The fraction of sp³-hybridized carbons (Fsp3) is 0.500. The molecule has 0 aliphatic heterocycles. The first kappa shape index (κ1) is 11.8. The van der Waals surface area contributed by atoms with Crippen molar-refractivity contribution < 1.29 is 8.78 Å². The van der Waals surface area contributed by atoms with Crippen LogP contribution in [0.5, 0.6) is 0 Å². The van der Waals surface area contributed by atoms with Crippen molar-refractivity contribution in [1.82, 2.24) is 9.97 Å². The van der Waals surface area contributed by atoms with Crippen molar-refractivity contribution in [3.8, 4) is 0 Å². The van der Waals surface area contributed by atoms with E-state index in [4.69, 9.17) is 0 Å². The largest absolute Gasteiger partial charge is 0.256 e. The van der Waals surface area contributed by atoms with Gasteiger partial charge in [0, 0.05) is 5.69 Å². The number of hydrogen-bond acceptors (Lipinski definition) is 2. The third kappa shape index (κ3) is 2.86. The van der Waals surface area contributed by atoms with Crippen LogP contribution in [0.4, 0.5) is 8.78 Å². The van der Waals surface area contributed by atoms with Gasteiger partial charge in [0.15, 0.2) is 13.7 Å². The highest BCUT2D eigenvalue weighted by Crippen LogP contribution is 2.25. The van der Waals surface area contributed by atoms with Gasteiger partial charge in [0.25, 0.3) is 5.82 Å². The highest BCUT2D eigenvalue weighted by molar-refractivity contribution is 14.1. The molecule has 0 saturated carbocycles. The van der Waals surface area contributed by atoms with Crippen LogP contribution in [0.15, 0.2) is 6.07 Å². The first-order chi connectivity index (χ1) is 6.30. The molecule has 0 fully saturated rings. The molecule has 1 aromatic heterocycles. The van der Waals surface area contributed by atoms with Crippen LogP contribution < -0.4 is 0 Å². The Balaban J connectivity index is 3.21. The zero-order valence-corrected chi connectivity index (χ0v) is 9.92. The molecular weight excluding hydrogens is 300 g/mol. The summed E-state index contributed by atoms with van der Waals surface area (Å²) in [5.74, 6) is -4.08. The number of nitrogens with zero attached hydrogens (tertiary/aromatic N) is 2. The molecule has 0 saturated heterocycles. The number of halogens is 3. The minimum Gasteiger partial charge on any atom is -0.233 e. The van der Waals surface area contributed by atoms with Crippen molar-refractivity contribution in [2.45, 2.75) is 23.6 Å². The molecule has 0 bridgehead atoms. The van der Waals surface area contributed by atoms with Crippen LogP contribution in [0.1, 0.15) is 28.1 Å². The Kier molecular flexibility index (Phi) is 3.44. The van der Waals surface area contributed by atoms with Crippen molar-refractivity contribution in [2.75, 3.05) is 0 Å². The van der Waals surface area contributed by atoms with Crippen molar-refractivity contribution in [3.63, 3.8) is 0 Å². The summed E-state index contributed by atoms with van der Waals surface area (Å²) in [6.07, 6.45) is 0. The first-order valence-corrected chi connectivity index (χ1v) is 5.22. The Hall–Kier alpha value is -0.265. The molecule has 1 heterocycles. The van der Waals surface area contributed by atoms with Gasteiger partial charge in [0.05, 0.1) is 9.62 Å². The van der Waals surface area contributed by atoms with Crippen molar-refractivity contribution in [1.29, 1.82) is 0 Å². The van der Waals surface area contributed by atoms with Crippen LogP contribution in [0.25, 0.3) is 0 Å². The van der Waals surface area contributed by atoms with Crippen molar-refractivity contribution in [2.24, 2.45) is 0 Å². The molecule has 1 unspecified atom stereocenters. The third-order valence-corrected chi connectivity index (χ3v) is 2.22. The quantitative estimate of drug-likeness (QED) is 0.477. The van der Waals surface area contributed by atoms with Crippen LogP contribution in [-0.2, 0) is 5.82 Å². The molecule has 1 aromatic rings. The maximum Gasteiger partial charge on any atom is 0.256 e. The zero-order chi connectivity index (χ0) is 10.9. The van der Waals surface area contributed by atoms with E-state index in [0.29, 0.717) is 11.4 Å². The van der Waals surface area contributed by atoms with E-state index in [0.717, 1.165) is 0 Å². The highest BCUT2D eigenvalue weighted by atomic mass is 127. The summed E-state index contributed by atoms with van der Waals surface area (Å²) < 4.78 is 25.5. The van der Waals surface area contributed by atoms with E-state index in [1.54, 1.807) is 13.0 Å². The van der Waals surface area contributed by atoms with Gasteiger partial charge in [-0.3, -0.25) is 0 Å². The number of alkyl halides is 3. The maximum absolute atomic E-state index is 12.7. The van der Waals surface area contributed by atoms with Crippen LogP contribution in [0.2, 0.25) is 0 Å². The summed E-state index contributed by atoms with van der Waals surface area (Å²) in [5, 5.41) is 0. The fourth-order valence-corrected chi connectivity index (χ4v) is 1.26. The van der Waals surface area contributed by atoms with Crippen LogP contribution >= 0.6 is 22.6 Å². The maximum atomic E-state index is 12.7. The molecule has 2 radical (unpaired) electrons. The average Bonchev–Trinajstić information content (AvgIpc) is 2.01. The van der Waals surface area contributed by atoms with Gasteiger partial charge in [-0.25, -0.2) is 18.7 Å². The molecule has 74 valence electrons. The topological polar surface area (TPSA) is 25.8 Å². The normalized spacial score (nSPS) is 14.1. The van der Waals surface area contributed by atoms with Gasteiger partial charge in [0.2, 0.25) is 0 Å². The number of rotatable bonds is 2. The summed E-state index contributed by atoms with van der Waals surface area (Å²) in [5.41, 5.74) is 1.07. The second-order valence-electron chi connectivity index (χ2n) is 3.00. The molecule has 0 aliphatic rings. The van der Waals surface area contributed by atoms with Crippen LogP contribution in [-0.4, -0.2) is 17.8 Å². The molecule has 0 amide bonds. The van der Waals surface area contributed by atoms with Gasteiger partial charge in [-0.05, 0) is 19.9 Å². The summed E-state index contributed by atoms with van der Waals surface area (Å²) >= 11 is 2.09. The van der Waals surface area contributed by atoms with Crippen molar-refractivity contribution >= 4 is 30.4 Å². The molecule has 6 heteroatoms. The van der Waals surface area contributed by atoms with Gasteiger partial charge in [-0.1, -0.05) is 22.6 Å². The van der Waals surface area contributed by atoms with E-state index in [9.17, 15) is 8.78 Å². The lowest BCUT2D eigenvalue weighted by atomic mass is 9.98. The van der Waals surface area contributed by atoms with Gasteiger partial charge < -0.3 is 0 Å². The molecule has 0 aliphatic carbocycles. The van der Waals surface area contributed by atoms with Gasteiger partial charge in [-0.15, -0.1) is 0 Å². The molecular formula is C8H8BF2IN2. The predicted molar refractivity (Wildman–Crippen MR) is 58.9 cm³/mol. The molecule has 0 spiro atoms. The van der Waals surface area contributed by atoms with E-state index < -0.39 is 11.6 Å². The lowest BCUT2D eigenvalue weighted by Crippen LogP contribution is -2.18. The Morgan fingerprint density at radius 3 is 2.50 bits per heavy atom. The summed E-state index contributed by atoms with van der Waals surface area (Å²) in [7, 11) is 4.63. The predicted octanol–water partition coefficient (Wildman–Crippen LogP) is 2.50. The van der Waals surface area contributed by atoms with Gasteiger partial charge in [-0.2, -0.15) is 0 Å². The van der Waals surface area contributed by atoms with Gasteiger partial charge in [0.1, 0.15) is 0 Å². The molecule has 2 nitrogen and oxygen atoms in total. The van der Waals surface area contributed by atoms with E-state index in [1.165, 1.54) is 0 Å². The van der Waals surface area contributed by atoms with Gasteiger partial charge >= 0.3 is 0 Å². The first-order valence-electron chi connectivity index (χ1n) is 3.97. The molecule has 1 rings (SSSR count). The summed E-state index contributed by atoms with van der Waals surface area (Å²) in [6, 6.07) is 1.67. The minimum absolute atomic E-state index is 0.0513. The lowest BCUT2D eigenvalue weighted by Gasteiger charge is -2.12. The Labute approximate surface area is 96.1 Å². The monoisotopic (exact) mass is 308 g/mol. The number of hydrogen-bond donors (Lipinski definition) is 0. The molecule has 1 atom stereocenters. The number of aryl methyl sites for hydroxylation is 1. The third-order valence-electron chi connectivity index (χ3n) is 1.58.